The first-order valence-electron chi connectivity index (χ1n) is 12.9. The Balaban J connectivity index is 1.70. The smallest absolute Gasteiger partial charge is 0.279 e. The number of methoxy groups -OCH3 is 1. The molecule has 2 aromatic carbocycles. The maximum Gasteiger partial charge on any atom is 0.279 e. The van der Waals surface area contributed by atoms with Crippen molar-refractivity contribution in [2.45, 2.75) is 36.6 Å². The first kappa shape index (κ1) is 29.1. The van der Waals surface area contributed by atoms with Gasteiger partial charge in [0.05, 0.1) is 12.0 Å². The van der Waals surface area contributed by atoms with Crippen LogP contribution in [-0.4, -0.2) is 46.1 Å². The molecule has 0 fully saturated rings. The van der Waals surface area contributed by atoms with Gasteiger partial charge in [-0.25, -0.2) is 18.5 Å². The van der Waals surface area contributed by atoms with Gasteiger partial charge in [0.25, 0.3) is 15.9 Å². The lowest BCUT2D eigenvalue weighted by molar-refractivity contribution is 0.366. The Morgan fingerprint density at radius 3 is 2.37 bits per heavy atom. The summed E-state index contributed by atoms with van der Waals surface area (Å²) in [7, 11) is -2.75. The minimum absolute atomic E-state index is 0.00362. The molecular formula is C29H28N8O5S. The molecule has 0 saturated carbocycles. The molecule has 43 heavy (non-hydrogen) atoms. The van der Waals surface area contributed by atoms with E-state index in [2.05, 4.69) is 46.7 Å². The number of terminal acetylenes is 1. The monoisotopic (exact) mass is 600 g/mol. The van der Waals surface area contributed by atoms with E-state index in [1.807, 2.05) is 20.8 Å². The Labute approximate surface area is 248 Å². The third-order valence-electron chi connectivity index (χ3n) is 6.47. The molecule has 0 bridgehead atoms. The highest BCUT2D eigenvalue weighted by atomic mass is 32.2. The van der Waals surface area contributed by atoms with Crippen molar-refractivity contribution in [3.8, 4) is 35.7 Å². The number of sulfonamides is 1. The van der Waals surface area contributed by atoms with Crippen LogP contribution in [0.5, 0.6) is 23.1 Å². The zero-order valence-corrected chi connectivity index (χ0v) is 24.5. The van der Waals surface area contributed by atoms with Crippen molar-refractivity contribution < 1.29 is 22.6 Å². The van der Waals surface area contributed by atoms with Crippen LogP contribution in [0, 0.1) is 12.5 Å². The Hall–Kier alpha value is -5.42. The summed E-state index contributed by atoms with van der Waals surface area (Å²) in [6.45, 7) is 6.11. The minimum atomic E-state index is -4.22. The number of ether oxygens (including phenoxy) is 3. The molecule has 5 rings (SSSR count). The van der Waals surface area contributed by atoms with Crippen LogP contribution in [-0.2, 0) is 21.0 Å². The molecule has 0 spiro atoms. The molecule has 0 amide bonds. The number of para-hydroxylation sites is 2. The van der Waals surface area contributed by atoms with Gasteiger partial charge in [0.2, 0.25) is 5.75 Å². The van der Waals surface area contributed by atoms with Gasteiger partial charge in [-0.05, 0) is 64.0 Å². The molecule has 0 saturated heterocycles. The highest BCUT2D eigenvalue weighted by Gasteiger charge is 2.41. The van der Waals surface area contributed by atoms with Crippen molar-refractivity contribution >= 4 is 15.8 Å². The maximum absolute atomic E-state index is 13.7. The van der Waals surface area contributed by atoms with Gasteiger partial charge in [0.1, 0.15) is 6.11 Å². The van der Waals surface area contributed by atoms with Gasteiger partial charge in [-0.2, -0.15) is 4.98 Å². The number of hydrogen-bond donors (Lipinski definition) is 3. The van der Waals surface area contributed by atoms with Crippen LogP contribution < -0.4 is 24.2 Å². The topological polar surface area (TPSA) is 166 Å². The van der Waals surface area contributed by atoms with Crippen molar-refractivity contribution in [2.24, 2.45) is 0 Å². The summed E-state index contributed by atoms with van der Waals surface area (Å²) in [5.74, 6) is 0.0625. The van der Waals surface area contributed by atoms with Crippen molar-refractivity contribution in [1.82, 2.24) is 35.9 Å². The van der Waals surface area contributed by atoms with Crippen molar-refractivity contribution in [3.05, 3.63) is 90.2 Å². The molecular weight excluding hydrogens is 572 g/mol. The second-order valence-corrected chi connectivity index (χ2v) is 12.0. The summed E-state index contributed by atoms with van der Waals surface area (Å²) in [5.41, 5.74) is -0.568. The summed E-state index contributed by atoms with van der Waals surface area (Å²) < 4.78 is 47.0. The molecule has 1 unspecified atom stereocenters. The third kappa shape index (κ3) is 5.84. The predicted molar refractivity (Wildman–Crippen MR) is 157 cm³/mol. The largest absolute Gasteiger partial charge is 0.493 e. The lowest BCUT2D eigenvalue weighted by atomic mass is 9.87. The molecule has 14 heteroatoms. The fourth-order valence-electron chi connectivity index (χ4n) is 4.23. The molecule has 2 aromatic heterocycles. The highest BCUT2D eigenvalue weighted by Crippen LogP contribution is 2.42. The number of nitrogens with zero attached hydrogens (tertiary/aromatic N) is 5. The van der Waals surface area contributed by atoms with Crippen molar-refractivity contribution in [3.63, 3.8) is 0 Å². The number of tetrazole rings is 1. The van der Waals surface area contributed by atoms with Gasteiger partial charge in [-0.15, -0.1) is 5.10 Å². The first-order chi connectivity index (χ1) is 20.6. The molecule has 3 N–H and O–H groups in total. The van der Waals surface area contributed by atoms with Gasteiger partial charge in [0.15, 0.2) is 34.5 Å². The fraction of sp³-hybridized carbons (Fsp3) is 0.207. The SMILES string of the molecule is C#COc1nc(C2(c3nnn[nH]3)C=CC=CN2)nc(NS(=O)(=O)c2ccc(C(C)(C)C)cc2)c1Oc1ccccc1OC. The number of H-pyrrole nitrogens is 1. The molecule has 0 radical (unpaired) electrons. The molecule has 1 atom stereocenters. The van der Waals surface area contributed by atoms with Crippen LogP contribution in [0.25, 0.3) is 0 Å². The van der Waals surface area contributed by atoms with Gasteiger partial charge in [0, 0.05) is 0 Å². The third-order valence-corrected chi connectivity index (χ3v) is 7.82. The average Bonchev–Trinajstić information content (AvgIpc) is 3.55. The van der Waals surface area contributed by atoms with E-state index >= 15 is 0 Å². The number of aromatic nitrogens is 6. The van der Waals surface area contributed by atoms with E-state index in [0.717, 1.165) is 5.56 Å². The van der Waals surface area contributed by atoms with Crippen molar-refractivity contribution in [1.29, 1.82) is 0 Å². The van der Waals surface area contributed by atoms with E-state index in [9.17, 15) is 8.42 Å². The summed E-state index contributed by atoms with van der Waals surface area (Å²) >= 11 is 0. The zero-order chi connectivity index (χ0) is 30.7. The van der Waals surface area contributed by atoms with Crippen LogP contribution >= 0.6 is 0 Å². The van der Waals surface area contributed by atoms with Crippen LogP contribution in [0.15, 0.2) is 77.9 Å². The number of allylic oxidation sites excluding steroid dienone is 2. The number of benzene rings is 2. The van der Waals surface area contributed by atoms with Crippen LogP contribution in [0.2, 0.25) is 0 Å². The summed E-state index contributed by atoms with van der Waals surface area (Å²) in [6, 6.07) is 13.3. The number of dihydropyridines is 1. The van der Waals surface area contributed by atoms with E-state index in [4.69, 9.17) is 20.6 Å². The van der Waals surface area contributed by atoms with E-state index in [1.165, 1.54) is 19.2 Å². The quantitative estimate of drug-likeness (QED) is 0.239. The molecule has 3 heterocycles. The van der Waals surface area contributed by atoms with Crippen LogP contribution in [0.1, 0.15) is 38.0 Å². The number of aromatic amines is 1. The zero-order valence-electron chi connectivity index (χ0n) is 23.7. The number of rotatable bonds is 9. The summed E-state index contributed by atoms with van der Waals surface area (Å²) in [5, 5.41) is 17.2. The van der Waals surface area contributed by atoms with Crippen LogP contribution in [0.4, 0.5) is 5.82 Å². The Morgan fingerprint density at radius 2 is 1.77 bits per heavy atom. The molecule has 0 aliphatic carbocycles. The van der Waals surface area contributed by atoms with E-state index in [1.54, 1.807) is 60.8 Å². The maximum atomic E-state index is 13.7. The molecule has 1 aliphatic heterocycles. The van der Waals surface area contributed by atoms with Gasteiger partial charge < -0.3 is 19.5 Å². The number of hydrogen-bond acceptors (Lipinski definition) is 11. The average molecular weight is 601 g/mol. The fourth-order valence-corrected chi connectivity index (χ4v) is 5.23. The Kier molecular flexibility index (Phi) is 7.75. The Morgan fingerprint density at radius 1 is 1.02 bits per heavy atom. The van der Waals surface area contributed by atoms with Gasteiger partial charge in [-0.3, -0.25) is 4.72 Å². The van der Waals surface area contributed by atoms with Crippen molar-refractivity contribution in [2.75, 3.05) is 11.8 Å². The summed E-state index contributed by atoms with van der Waals surface area (Å²) in [6.07, 6.45) is 14.4. The van der Waals surface area contributed by atoms with E-state index in [0.29, 0.717) is 5.75 Å². The first-order valence-corrected chi connectivity index (χ1v) is 14.4. The minimum Gasteiger partial charge on any atom is -0.493 e. The second kappa shape index (κ2) is 11.5. The number of nitrogens with one attached hydrogen (secondary N) is 3. The molecule has 220 valence electrons. The Bertz CT molecular complexity index is 1830. The molecule has 4 aromatic rings. The van der Waals surface area contributed by atoms with E-state index < -0.39 is 15.6 Å². The standard InChI is InChI=1S/C29H28N8O5S/c1-6-41-25-23(42-22-12-8-7-11-21(22)40-5)24(35-43(38,39)20-15-13-19(14-16-20)28(2,3)4)31-26(32-25)29(17-9-10-18-30-29)27-33-36-37-34-27/h1,7-18,30H,2-5H3,(H,31,32,35)(H,33,34,36,37). The second-order valence-electron chi connectivity index (χ2n) is 10.3. The lowest BCUT2D eigenvalue weighted by Gasteiger charge is -2.29. The molecule has 13 nitrogen and oxygen atoms in total. The van der Waals surface area contributed by atoms with Gasteiger partial charge in [-0.1, -0.05) is 57.5 Å². The van der Waals surface area contributed by atoms with Crippen LogP contribution in [0.3, 0.4) is 0 Å². The number of anilines is 1. The van der Waals surface area contributed by atoms with E-state index in [-0.39, 0.29) is 45.2 Å². The summed E-state index contributed by atoms with van der Waals surface area (Å²) in [4.78, 5) is 9.13. The lowest BCUT2D eigenvalue weighted by Crippen LogP contribution is -2.42. The molecule has 1 aliphatic rings. The predicted octanol–water partition coefficient (Wildman–Crippen LogP) is 3.78. The normalized spacial score (nSPS) is 16.2. The highest BCUT2D eigenvalue weighted by molar-refractivity contribution is 7.92. The van der Waals surface area contributed by atoms with Gasteiger partial charge >= 0.3 is 0 Å².